The molecule has 0 amide bonds. The third kappa shape index (κ3) is 1.50. The van der Waals surface area contributed by atoms with Gasteiger partial charge in [0.05, 0.1) is 5.52 Å². The molecule has 0 saturated heterocycles. The van der Waals surface area contributed by atoms with E-state index in [2.05, 4.69) is 52.7 Å². The first kappa shape index (κ1) is 10.7. The molecular weight excluding hydrogens is 252 g/mol. The molecule has 1 aromatic carbocycles. The van der Waals surface area contributed by atoms with E-state index in [4.69, 9.17) is 5.73 Å². The summed E-state index contributed by atoms with van der Waals surface area (Å²) in [6, 6.07) is 6.36. The van der Waals surface area contributed by atoms with Gasteiger partial charge in [-0.2, -0.15) is 0 Å². The summed E-state index contributed by atoms with van der Waals surface area (Å²) < 4.78 is 3.30. The topological polar surface area (TPSA) is 30.9 Å². The number of aryl methyl sites for hydroxylation is 2. The highest BCUT2D eigenvalue weighted by atomic mass is 79.9. The normalized spacial score (nSPS) is 13.4. The number of nitrogens with zero attached hydrogens (tertiary/aromatic N) is 1. The van der Waals surface area contributed by atoms with E-state index in [9.17, 15) is 0 Å². The Balaban J connectivity index is 2.92. The number of hydrogen-bond acceptors (Lipinski definition) is 1. The second-order valence-electron chi connectivity index (χ2n) is 4.02. The van der Waals surface area contributed by atoms with Crippen LogP contribution in [-0.4, -0.2) is 4.57 Å². The van der Waals surface area contributed by atoms with Crippen molar-refractivity contribution in [2.75, 3.05) is 0 Å². The lowest BCUT2D eigenvalue weighted by Crippen LogP contribution is -2.10. The highest BCUT2D eigenvalue weighted by Crippen LogP contribution is 2.34. The number of para-hydroxylation sites is 1. The lowest BCUT2D eigenvalue weighted by molar-refractivity contribution is 0.721. The lowest BCUT2D eigenvalue weighted by atomic mass is 10.1. The maximum atomic E-state index is 5.98. The monoisotopic (exact) mass is 266 g/mol. The fourth-order valence-corrected chi connectivity index (χ4v) is 3.14. The van der Waals surface area contributed by atoms with Gasteiger partial charge < -0.3 is 10.3 Å². The van der Waals surface area contributed by atoms with Gasteiger partial charge in [0, 0.05) is 28.6 Å². The van der Waals surface area contributed by atoms with Crippen molar-refractivity contribution in [2.45, 2.75) is 19.9 Å². The Hall–Kier alpha value is -0.800. The number of halogens is 1. The standard InChI is InChI=1S/C12H15BrN2/c1-7-5-4-6-9-10(13)12(8(2)14)15(3)11(7)9/h4-6,8H,14H2,1-3H3. The lowest BCUT2D eigenvalue weighted by Gasteiger charge is -2.08. The molecule has 0 fully saturated rings. The van der Waals surface area contributed by atoms with E-state index >= 15 is 0 Å². The predicted octanol–water partition coefficient (Wildman–Crippen LogP) is 3.27. The molecule has 0 spiro atoms. The van der Waals surface area contributed by atoms with Gasteiger partial charge in [-0.1, -0.05) is 18.2 Å². The summed E-state index contributed by atoms with van der Waals surface area (Å²) in [7, 11) is 2.07. The molecule has 2 nitrogen and oxygen atoms in total. The minimum absolute atomic E-state index is 0.0381. The molecule has 15 heavy (non-hydrogen) atoms. The summed E-state index contributed by atoms with van der Waals surface area (Å²) >= 11 is 3.64. The summed E-state index contributed by atoms with van der Waals surface area (Å²) in [5.41, 5.74) is 9.67. The minimum Gasteiger partial charge on any atom is -0.345 e. The van der Waals surface area contributed by atoms with E-state index in [-0.39, 0.29) is 6.04 Å². The number of rotatable bonds is 1. The first-order valence-corrected chi connectivity index (χ1v) is 5.82. The van der Waals surface area contributed by atoms with Crippen LogP contribution < -0.4 is 5.73 Å². The van der Waals surface area contributed by atoms with Crippen LogP contribution in [0.5, 0.6) is 0 Å². The van der Waals surface area contributed by atoms with Crippen LogP contribution in [-0.2, 0) is 7.05 Å². The van der Waals surface area contributed by atoms with Gasteiger partial charge in [0.25, 0.3) is 0 Å². The summed E-state index contributed by atoms with van der Waals surface area (Å²) in [4.78, 5) is 0. The maximum absolute atomic E-state index is 5.98. The van der Waals surface area contributed by atoms with Crippen molar-refractivity contribution in [3.05, 3.63) is 33.9 Å². The summed E-state index contributed by atoms with van der Waals surface area (Å²) in [5, 5.41) is 1.24. The fourth-order valence-electron chi connectivity index (χ4n) is 2.19. The van der Waals surface area contributed by atoms with Crippen molar-refractivity contribution < 1.29 is 0 Å². The summed E-state index contributed by atoms with van der Waals surface area (Å²) in [5.74, 6) is 0. The van der Waals surface area contributed by atoms with Gasteiger partial charge in [0.15, 0.2) is 0 Å². The molecule has 80 valence electrons. The Morgan fingerprint density at radius 3 is 2.60 bits per heavy atom. The third-order valence-corrected chi connectivity index (χ3v) is 3.66. The van der Waals surface area contributed by atoms with Crippen molar-refractivity contribution in [2.24, 2.45) is 12.8 Å². The molecule has 2 aromatic rings. The van der Waals surface area contributed by atoms with E-state index in [1.165, 1.54) is 16.5 Å². The van der Waals surface area contributed by atoms with Gasteiger partial charge in [-0.25, -0.2) is 0 Å². The van der Waals surface area contributed by atoms with Gasteiger partial charge in [-0.3, -0.25) is 0 Å². The van der Waals surface area contributed by atoms with Crippen LogP contribution in [0.15, 0.2) is 22.7 Å². The first-order valence-electron chi connectivity index (χ1n) is 5.03. The molecule has 1 heterocycles. The van der Waals surface area contributed by atoms with Crippen LogP contribution in [0.25, 0.3) is 10.9 Å². The van der Waals surface area contributed by atoms with Crippen molar-refractivity contribution in [1.29, 1.82) is 0 Å². The van der Waals surface area contributed by atoms with E-state index < -0.39 is 0 Å². The smallest absolute Gasteiger partial charge is 0.0521 e. The zero-order valence-electron chi connectivity index (χ0n) is 9.21. The van der Waals surface area contributed by atoms with Crippen LogP contribution >= 0.6 is 15.9 Å². The van der Waals surface area contributed by atoms with Gasteiger partial charge in [0.2, 0.25) is 0 Å². The van der Waals surface area contributed by atoms with Crippen LogP contribution in [0.2, 0.25) is 0 Å². The highest BCUT2D eigenvalue weighted by molar-refractivity contribution is 9.10. The molecule has 0 radical (unpaired) electrons. The summed E-state index contributed by atoms with van der Waals surface area (Å²) in [6.45, 7) is 4.13. The Kier molecular flexibility index (Phi) is 2.61. The molecule has 0 aliphatic rings. The van der Waals surface area contributed by atoms with Crippen molar-refractivity contribution in [3.63, 3.8) is 0 Å². The molecule has 0 saturated carbocycles. The van der Waals surface area contributed by atoms with Crippen molar-refractivity contribution in [1.82, 2.24) is 4.57 Å². The average molecular weight is 267 g/mol. The molecule has 3 heteroatoms. The molecular formula is C12H15BrN2. The number of aromatic nitrogens is 1. The fraction of sp³-hybridized carbons (Fsp3) is 0.333. The Labute approximate surface area is 98.2 Å². The van der Waals surface area contributed by atoms with Crippen LogP contribution in [0, 0.1) is 6.92 Å². The molecule has 2 rings (SSSR count). The number of hydrogen-bond donors (Lipinski definition) is 1. The number of nitrogens with two attached hydrogens (primary N) is 1. The second kappa shape index (κ2) is 3.65. The largest absolute Gasteiger partial charge is 0.345 e. The second-order valence-corrected chi connectivity index (χ2v) is 4.81. The Bertz CT molecular complexity index is 512. The summed E-state index contributed by atoms with van der Waals surface area (Å²) in [6.07, 6.45) is 0. The van der Waals surface area contributed by atoms with E-state index in [0.717, 1.165) is 10.2 Å². The molecule has 0 bridgehead atoms. The van der Waals surface area contributed by atoms with Gasteiger partial charge in [0.1, 0.15) is 0 Å². The molecule has 1 atom stereocenters. The number of fused-ring (bicyclic) bond motifs is 1. The van der Waals surface area contributed by atoms with Gasteiger partial charge in [-0.05, 0) is 35.3 Å². The average Bonchev–Trinajstić information content (AvgIpc) is 2.40. The zero-order chi connectivity index (χ0) is 11.2. The van der Waals surface area contributed by atoms with Crippen molar-refractivity contribution >= 4 is 26.8 Å². The highest BCUT2D eigenvalue weighted by Gasteiger charge is 2.16. The minimum atomic E-state index is 0.0381. The Morgan fingerprint density at radius 2 is 2.07 bits per heavy atom. The molecule has 0 aliphatic heterocycles. The molecule has 2 N–H and O–H groups in total. The zero-order valence-corrected chi connectivity index (χ0v) is 10.8. The molecule has 1 aromatic heterocycles. The van der Waals surface area contributed by atoms with Crippen molar-refractivity contribution in [3.8, 4) is 0 Å². The van der Waals surface area contributed by atoms with E-state index in [0.29, 0.717) is 0 Å². The van der Waals surface area contributed by atoms with Crippen LogP contribution in [0.1, 0.15) is 24.2 Å². The van der Waals surface area contributed by atoms with Crippen LogP contribution in [0.4, 0.5) is 0 Å². The van der Waals surface area contributed by atoms with Gasteiger partial charge >= 0.3 is 0 Å². The third-order valence-electron chi connectivity index (χ3n) is 2.83. The Morgan fingerprint density at radius 1 is 1.40 bits per heavy atom. The molecule has 1 unspecified atom stereocenters. The van der Waals surface area contributed by atoms with E-state index in [1.807, 2.05) is 6.92 Å². The first-order chi connectivity index (χ1) is 7.04. The predicted molar refractivity (Wildman–Crippen MR) is 68.0 cm³/mol. The number of benzene rings is 1. The van der Waals surface area contributed by atoms with Crippen LogP contribution in [0.3, 0.4) is 0 Å². The van der Waals surface area contributed by atoms with E-state index in [1.54, 1.807) is 0 Å². The quantitative estimate of drug-likeness (QED) is 0.844. The maximum Gasteiger partial charge on any atom is 0.0521 e. The molecule has 0 aliphatic carbocycles. The SMILES string of the molecule is Cc1cccc2c(Br)c(C(C)N)n(C)c12. The van der Waals surface area contributed by atoms with Gasteiger partial charge in [-0.15, -0.1) is 0 Å².